The Balaban J connectivity index is 0. The first-order chi connectivity index (χ1) is 6.33. The number of morpholine rings is 1. The van der Waals surface area contributed by atoms with Crippen molar-refractivity contribution in [2.24, 2.45) is 0 Å². The van der Waals surface area contributed by atoms with Gasteiger partial charge in [0.25, 0.3) is 0 Å². The summed E-state index contributed by atoms with van der Waals surface area (Å²) in [5, 5.41) is 8.43. The molecular weight excluding hydrogens is 164 g/mol. The molecule has 1 saturated heterocycles. The van der Waals surface area contributed by atoms with Gasteiger partial charge in [-0.3, -0.25) is 0 Å². The van der Waals surface area contributed by atoms with Crippen LogP contribution in [0.5, 0.6) is 0 Å². The van der Waals surface area contributed by atoms with Crippen molar-refractivity contribution in [3.8, 4) is 6.19 Å². The monoisotopic (exact) mass is 186 g/mol. The Hall–Kier alpha value is -0.750. The molecule has 0 aromatic carbocycles. The molecule has 0 saturated carbocycles. The first-order valence-corrected chi connectivity index (χ1v) is 5.09. The van der Waals surface area contributed by atoms with Gasteiger partial charge in [0.2, 0.25) is 0 Å². The molecule has 1 fully saturated rings. The lowest BCUT2D eigenvalue weighted by atomic mass is 10.3. The molecule has 1 atom stereocenters. The number of nitriles is 1. The molecule has 13 heavy (non-hydrogen) atoms. The molecule has 1 aliphatic heterocycles. The van der Waals surface area contributed by atoms with E-state index in [0.29, 0.717) is 6.61 Å². The molecule has 1 aliphatic rings. The predicted octanol–water partition coefficient (Wildman–Crippen LogP) is 2.24. The largest absolute Gasteiger partial charge is 0.375 e. The maximum Gasteiger partial charge on any atom is 0.179 e. The zero-order valence-corrected chi connectivity index (χ0v) is 9.50. The van der Waals surface area contributed by atoms with Crippen molar-refractivity contribution < 1.29 is 4.74 Å². The minimum atomic E-state index is 0.221. The van der Waals surface area contributed by atoms with E-state index in [2.05, 4.69) is 6.19 Å². The van der Waals surface area contributed by atoms with Gasteiger partial charge in [-0.2, -0.15) is 5.26 Å². The second kappa shape index (κ2) is 11.2. The van der Waals surface area contributed by atoms with E-state index in [0.717, 1.165) is 13.1 Å². The molecule has 0 N–H and O–H groups in total. The Morgan fingerprint density at radius 3 is 2.15 bits per heavy atom. The van der Waals surface area contributed by atoms with Crippen LogP contribution in [0.25, 0.3) is 0 Å². The lowest BCUT2D eigenvalue weighted by Crippen LogP contribution is -2.37. The third kappa shape index (κ3) is 7.61. The van der Waals surface area contributed by atoms with Crippen LogP contribution in [0.4, 0.5) is 0 Å². The highest BCUT2D eigenvalue weighted by Gasteiger charge is 2.13. The van der Waals surface area contributed by atoms with Crippen molar-refractivity contribution in [2.75, 3.05) is 19.7 Å². The molecule has 0 aromatic heterocycles. The lowest BCUT2D eigenvalue weighted by Gasteiger charge is -2.26. The second-order valence-corrected chi connectivity index (χ2v) is 2.23. The highest BCUT2D eigenvalue weighted by molar-refractivity contribution is 4.78. The molecule has 1 heterocycles. The third-order valence-corrected chi connectivity index (χ3v) is 1.38. The molecule has 0 amide bonds. The molecule has 0 aliphatic carbocycles. The van der Waals surface area contributed by atoms with Gasteiger partial charge >= 0.3 is 0 Å². The fourth-order valence-corrected chi connectivity index (χ4v) is 0.909. The fraction of sp³-hybridized carbons (Fsp3) is 0.900. The van der Waals surface area contributed by atoms with Crippen LogP contribution in [0, 0.1) is 11.5 Å². The summed E-state index contributed by atoms with van der Waals surface area (Å²) in [7, 11) is 0. The van der Waals surface area contributed by atoms with E-state index in [1.807, 2.05) is 34.6 Å². The van der Waals surface area contributed by atoms with Crippen molar-refractivity contribution in [3.05, 3.63) is 0 Å². The quantitative estimate of drug-likeness (QED) is 0.544. The molecule has 0 radical (unpaired) electrons. The summed E-state index contributed by atoms with van der Waals surface area (Å²) in [6, 6.07) is 0. The molecule has 0 bridgehead atoms. The van der Waals surface area contributed by atoms with Gasteiger partial charge in [0.05, 0.1) is 25.8 Å². The van der Waals surface area contributed by atoms with Crippen molar-refractivity contribution in [1.29, 1.82) is 5.26 Å². The van der Waals surface area contributed by atoms with E-state index in [1.54, 1.807) is 4.90 Å². The van der Waals surface area contributed by atoms with Crippen molar-refractivity contribution in [3.63, 3.8) is 0 Å². The molecule has 0 spiro atoms. The van der Waals surface area contributed by atoms with Crippen LogP contribution in [0.1, 0.15) is 34.6 Å². The Bertz CT molecular complexity index is 131. The summed E-state index contributed by atoms with van der Waals surface area (Å²) in [6.45, 7) is 12.2. The summed E-state index contributed by atoms with van der Waals surface area (Å²) in [5.74, 6) is 0. The maximum atomic E-state index is 8.43. The van der Waals surface area contributed by atoms with Crippen molar-refractivity contribution >= 4 is 0 Å². The Morgan fingerprint density at radius 2 is 1.85 bits per heavy atom. The highest BCUT2D eigenvalue weighted by atomic mass is 16.5. The number of hydrogen-bond acceptors (Lipinski definition) is 3. The zero-order valence-electron chi connectivity index (χ0n) is 9.50. The van der Waals surface area contributed by atoms with Gasteiger partial charge in [-0.25, -0.2) is 0 Å². The van der Waals surface area contributed by atoms with Crippen LogP contribution >= 0.6 is 0 Å². The summed E-state index contributed by atoms with van der Waals surface area (Å²) >= 11 is 0. The van der Waals surface area contributed by atoms with E-state index in [-0.39, 0.29) is 6.10 Å². The number of hydrogen-bond donors (Lipinski definition) is 0. The summed E-state index contributed by atoms with van der Waals surface area (Å²) < 4.78 is 5.22. The smallest absolute Gasteiger partial charge is 0.179 e. The van der Waals surface area contributed by atoms with E-state index < -0.39 is 0 Å². The van der Waals surface area contributed by atoms with Crippen molar-refractivity contribution in [2.45, 2.75) is 40.7 Å². The maximum absolute atomic E-state index is 8.43. The standard InChI is InChI=1S/C6H10N2O.2C2H6/c1-6-4-8(5-7)2-3-9-6;2*1-2/h6H,2-4H2,1H3;2*1-2H3. The predicted molar refractivity (Wildman–Crippen MR) is 55.3 cm³/mol. The molecule has 0 aromatic rings. The van der Waals surface area contributed by atoms with E-state index in [9.17, 15) is 0 Å². The Kier molecular flexibility index (Phi) is 12.8. The normalized spacial score (nSPS) is 20.0. The third-order valence-electron chi connectivity index (χ3n) is 1.38. The van der Waals surface area contributed by atoms with Gasteiger partial charge in [-0.15, -0.1) is 0 Å². The highest BCUT2D eigenvalue weighted by Crippen LogP contribution is 2.01. The number of ether oxygens (including phenoxy) is 1. The summed E-state index contributed by atoms with van der Waals surface area (Å²) in [4.78, 5) is 1.72. The average molecular weight is 186 g/mol. The zero-order chi connectivity index (χ0) is 10.7. The molecule has 1 rings (SSSR count). The van der Waals surface area contributed by atoms with Crippen LogP contribution in [-0.2, 0) is 4.74 Å². The van der Waals surface area contributed by atoms with Gasteiger partial charge in [-0.1, -0.05) is 27.7 Å². The summed E-state index contributed by atoms with van der Waals surface area (Å²) in [5.41, 5.74) is 0. The van der Waals surface area contributed by atoms with Crippen molar-refractivity contribution in [1.82, 2.24) is 4.90 Å². The minimum absolute atomic E-state index is 0.221. The molecule has 3 heteroatoms. The number of rotatable bonds is 0. The van der Waals surface area contributed by atoms with Gasteiger partial charge in [0.15, 0.2) is 6.19 Å². The van der Waals surface area contributed by atoms with E-state index >= 15 is 0 Å². The van der Waals surface area contributed by atoms with Crippen LogP contribution < -0.4 is 0 Å². The SMILES string of the molecule is CC.CC.CC1CN(C#N)CCO1. The molecular formula is C10H22N2O. The molecule has 3 nitrogen and oxygen atoms in total. The number of nitrogens with zero attached hydrogens (tertiary/aromatic N) is 2. The molecule has 78 valence electrons. The van der Waals surface area contributed by atoms with E-state index in [1.165, 1.54) is 0 Å². The van der Waals surface area contributed by atoms with Crippen LogP contribution in [-0.4, -0.2) is 30.7 Å². The minimum Gasteiger partial charge on any atom is -0.375 e. The van der Waals surface area contributed by atoms with E-state index in [4.69, 9.17) is 10.00 Å². The fourth-order valence-electron chi connectivity index (χ4n) is 0.909. The van der Waals surface area contributed by atoms with Gasteiger partial charge in [-0.05, 0) is 6.92 Å². The average Bonchev–Trinajstić information content (AvgIpc) is 2.24. The van der Waals surface area contributed by atoms with Gasteiger partial charge in [0, 0.05) is 0 Å². The first-order valence-electron chi connectivity index (χ1n) is 5.09. The van der Waals surface area contributed by atoms with Crippen LogP contribution in [0.3, 0.4) is 0 Å². The lowest BCUT2D eigenvalue weighted by molar-refractivity contribution is 0.00151. The Morgan fingerprint density at radius 1 is 1.31 bits per heavy atom. The topological polar surface area (TPSA) is 36.3 Å². The Labute approximate surface area is 82.3 Å². The van der Waals surface area contributed by atoms with Crippen LogP contribution in [0.15, 0.2) is 0 Å². The first kappa shape index (κ1) is 14.8. The molecule has 1 unspecified atom stereocenters. The summed E-state index contributed by atoms with van der Waals surface area (Å²) in [6.07, 6.45) is 2.31. The van der Waals surface area contributed by atoms with Gasteiger partial charge < -0.3 is 9.64 Å². The van der Waals surface area contributed by atoms with Crippen LogP contribution in [0.2, 0.25) is 0 Å². The second-order valence-electron chi connectivity index (χ2n) is 2.23. The van der Waals surface area contributed by atoms with Gasteiger partial charge in [0.1, 0.15) is 0 Å².